The van der Waals surface area contributed by atoms with Gasteiger partial charge in [-0.2, -0.15) is 0 Å². The van der Waals surface area contributed by atoms with Gasteiger partial charge in [0.25, 0.3) is 0 Å². The number of amides is 1. The van der Waals surface area contributed by atoms with Crippen LogP contribution in [-0.2, 0) is 16.0 Å². The zero-order valence-corrected chi connectivity index (χ0v) is 11.8. The second kappa shape index (κ2) is 5.22. The molecular formula is C14H19NO2S. The summed E-state index contributed by atoms with van der Waals surface area (Å²) >= 11 is 1.73. The van der Waals surface area contributed by atoms with E-state index in [1.165, 1.54) is 4.88 Å². The maximum Gasteiger partial charge on any atom is 0.223 e. The van der Waals surface area contributed by atoms with E-state index in [4.69, 9.17) is 0 Å². The molecule has 1 fully saturated rings. The molecule has 1 amide bonds. The van der Waals surface area contributed by atoms with Crippen LogP contribution in [0.5, 0.6) is 0 Å². The van der Waals surface area contributed by atoms with Gasteiger partial charge < -0.3 is 4.90 Å². The number of carbonyl (C=O) groups is 2. The molecule has 1 aliphatic rings. The summed E-state index contributed by atoms with van der Waals surface area (Å²) in [5.41, 5.74) is -0.295. The van der Waals surface area contributed by atoms with Crippen LogP contribution in [-0.4, -0.2) is 28.7 Å². The highest BCUT2D eigenvalue weighted by Gasteiger charge is 2.39. The molecule has 4 heteroatoms. The topological polar surface area (TPSA) is 37.4 Å². The standard InChI is InChI=1S/C14H19NO2S/c1-14(2)9-11(16)10-15(14)13(17)7-3-5-12-6-4-8-18-12/h4,6,8H,3,5,7,9-10H2,1-2H3. The van der Waals surface area contributed by atoms with Gasteiger partial charge in [-0.1, -0.05) is 6.07 Å². The van der Waals surface area contributed by atoms with Crippen molar-refractivity contribution in [2.75, 3.05) is 6.54 Å². The van der Waals surface area contributed by atoms with Gasteiger partial charge in [-0.15, -0.1) is 11.3 Å². The fourth-order valence-electron chi connectivity index (χ4n) is 2.45. The number of ketones is 1. The lowest BCUT2D eigenvalue weighted by Crippen LogP contribution is -2.42. The second-order valence-corrected chi connectivity index (χ2v) is 6.47. The molecule has 0 atom stereocenters. The molecule has 1 saturated heterocycles. The van der Waals surface area contributed by atoms with Crippen LogP contribution in [0, 0.1) is 0 Å². The first kappa shape index (κ1) is 13.3. The fourth-order valence-corrected chi connectivity index (χ4v) is 3.20. The molecule has 1 aliphatic heterocycles. The van der Waals surface area contributed by atoms with Gasteiger partial charge in [0.05, 0.1) is 6.54 Å². The molecule has 18 heavy (non-hydrogen) atoms. The van der Waals surface area contributed by atoms with Crippen molar-refractivity contribution in [2.24, 2.45) is 0 Å². The molecule has 0 radical (unpaired) electrons. The minimum Gasteiger partial charge on any atom is -0.330 e. The van der Waals surface area contributed by atoms with Crippen molar-refractivity contribution in [3.05, 3.63) is 22.4 Å². The van der Waals surface area contributed by atoms with Crippen molar-refractivity contribution in [3.8, 4) is 0 Å². The highest BCUT2D eigenvalue weighted by Crippen LogP contribution is 2.27. The number of nitrogens with zero attached hydrogens (tertiary/aromatic N) is 1. The monoisotopic (exact) mass is 265 g/mol. The van der Waals surface area contributed by atoms with Gasteiger partial charge >= 0.3 is 0 Å². The minimum atomic E-state index is -0.295. The lowest BCUT2D eigenvalue weighted by molar-refractivity contribution is -0.135. The number of Topliss-reactive ketones (excluding diaryl/α,β-unsaturated/α-hetero) is 1. The molecule has 0 spiro atoms. The minimum absolute atomic E-state index is 0.113. The predicted octanol–water partition coefficient (Wildman–Crippen LogP) is 2.65. The summed E-state index contributed by atoms with van der Waals surface area (Å²) in [5.74, 6) is 0.286. The number of hydrogen-bond acceptors (Lipinski definition) is 3. The Balaban J connectivity index is 1.83. The molecule has 0 N–H and O–H groups in total. The Kier molecular flexibility index (Phi) is 3.85. The zero-order valence-electron chi connectivity index (χ0n) is 10.9. The molecule has 0 aromatic carbocycles. The molecule has 3 nitrogen and oxygen atoms in total. The van der Waals surface area contributed by atoms with Crippen LogP contribution < -0.4 is 0 Å². The van der Waals surface area contributed by atoms with E-state index in [9.17, 15) is 9.59 Å². The first-order valence-electron chi connectivity index (χ1n) is 6.33. The summed E-state index contributed by atoms with van der Waals surface area (Å²) in [4.78, 5) is 26.6. The molecule has 98 valence electrons. The molecule has 2 heterocycles. The Hall–Kier alpha value is -1.16. The lowest BCUT2D eigenvalue weighted by atomic mass is 10.0. The number of thiophene rings is 1. The normalized spacial score (nSPS) is 18.3. The molecule has 0 unspecified atom stereocenters. The molecule has 0 saturated carbocycles. The molecule has 0 bridgehead atoms. The average molecular weight is 265 g/mol. The van der Waals surface area contributed by atoms with Crippen LogP contribution in [0.1, 0.15) is 38.0 Å². The quantitative estimate of drug-likeness (QED) is 0.839. The van der Waals surface area contributed by atoms with E-state index in [1.54, 1.807) is 16.2 Å². The Morgan fingerprint density at radius 2 is 2.28 bits per heavy atom. The first-order valence-corrected chi connectivity index (χ1v) is 7.21. The van der Waals surface area contributed by atoms with Crippen molar-refractivity contribution in [3.63, 3.8) is 0 Å². The predicted molar refractivity (Wildman–Crippen MR) is 72.7 cm³/mol. The van der Waals surface area contributed by atoms with Gasteiger partial charge in [-0.25, -0.2) is 0 Å². The third-order valence-corrected chi connectivity index (χ3v) is 4.33. The summed E-state index contributed by atoms with van der Waals surface area (Å²) in [5, 5.41) is 2.05. The van der Waals surface area contributed by atoms with E-state index in [0.29, 0.717) is 19.4 Å². The average Bonchev–Trinajstić information content (AvgIpc) is 2.85. The van der Waals surface area contributed by atoms with Crippen molar-refractivity contribution in [1.82, 2.24) is 4.90 Å². The molecular weight excluding hydrogens is 246 g/mol. The first-order chi connectivity index (χ1) is 8.49. The third kappa shape index (κ3) is 2.99. The van der Waals surface area contributed by atoms with Crippen LogP contribution in [0.2, 0.25) is 0 Å². The van der Waals surface area contributed by atoms with E-state index in [0.717, 1.165) is 12.8 Å². The Morgan fingerprint density at radius 3 is 2.83 bits per heavy atom. The lowest BCUT2D eigenvalue weighted by Gasteiger charge is -2.30. The van der Waals surface area contributed by atoms with Crippen LogP contribution >= 0.6 is 11.3 Å². The van der Waals surface area contributed by atoms with Crippen LogP contribution in [0.3, 0.4) is 0 Å². The number of likely N-dealkylation sites (tertiary alicyclic amines) is 1. The highest BCUT2D eigenvalue weighted by molar-refractivity contribution is 7.09. The van der Waals surface area contributed by atoms with Crippen LogP contribution in [0.25, 0.3) is 0 Å². The van der Waals surface area contributed by atoms with E-state index in [1.807, 2.05) is 19.9 Å². The van der Waals surface area contributed by atoms with Crippen molar-refractivity contribution in [2.45, 2.75) is 45.1 Å². The maximum atomic E-state index is 12.1. The molecule has 2 rings (SSSR count). The van der Waals surface area contributed by atoms with E-state index in [-0.39, 0.29) is 17.2 Å². The van der Waals surface area contributed by atoms with Gasteiger partial charge in [0, 0.05) is 23.3 Å². The van der Waals surface area contributed by atoms with E-state index >= 15 is 0 Å². The second-order valence-electron chi connectivity index (χ2n) is 5.44. The Morgan fingerprint density at radius 1 is 1.50 bits per heavy atom. The highest BCUT2D eigenvalue weighted by atomic mass is 32.1. The van der Waals surface area contributed by atoms with E-state index in [2.05, 4.69) is 11.4 Å². The molecule has 0 aliphatic carbocycles. The molecule has 1 aromatic rings. The summed E-state index contributed by atoms with van der Waals surface area (Å²) in [6.07, 6.45) is 2.84. The van der Waals surface area contributed by atoms with Gasteiger partial charge in [0.1, 0.15) is 0 Å². The van der Waals surface area contributed by atoms with Crippen molar-refractivity contribution >= 4 is 23.0 Å². The van der Waals surface area contributed by atoms with Gasteiger partial charge in [0.15, 0.2) is 5.78 Å². The molecule has 1 aromatic heterocycles. The summed E-state index contributed by atoms with van der Waals surface area (Å²) < 4.78 is 0. The smallest absolute Gasteiger partial charge is 0.223 e. The summed E-state index contributed by atoms with van der Waals surface area (Å²) in [7, 11) is 0. The number of hydrogen-bond donors (Lipinski definition) is 0. The largest absolute Gasteiger partial charge is 0.330 e. The van der Waals surface area contributed by atoms with Crippen molar-refractivity contribution in [1.29, 1.82) is 0 Å². The fraction of sp³-hybridized carbons (Fsp3) is 0.571. The Labute approximate surface area is 112 Å². The number of rotatable bonds is 4. The summed E-state index contributed by atoms with van der Waals surface area (Å²) in [6.45, 7) is 4.23. The van der Waals surface area contributed by atoms with Crippen LogP contribution in [0.4, 0.5) is 0 Å². The van der Waals surface area contributed by atoms with Crippen LogP contribution in [0.15, 0.2) is 17.5 Å². The Bertz CT molecular complexity index is 437. The number of carbonyl (C=O) groups excluding carboxylic acids is 2. The SMILES string of the molecule is CC1(C)CC(=O)CN1C(=O)CCCc1cccs1. The maximum absolute atomic E-state index is 12.1. The van der Waals surface area contributed by atoms with E-state index < -0.39 is 0 Å². The number of aryl methyl sites for hydroxylation is 1. The van der Waals surface area contributed by atoms with Gasteiger partial charge in [0.2, 0.25) is 5.91 Å². The summed E-state index contributed by atoms with van der Waals surface area (Å²) in [6, 6.07) is 4.13. The zero-order chi connectivity index (χ0) is 13.2. The van der Waals surface area contributed by atoms with Crippen molar-refractivity contribution < 1.29 is 9.59 Å². The van der Waals surface area contributed by atoms with Gasteiger partial charge in [-0.3, -0.25) is 9.59 Å². The third-order valence-electron chi connectivity index (χ3n) is 3.39. The van der Waals surface area contributed by atoms with Gasteiger partial charge in [-0.05, 0) is 38.1 Å².